The second-order valence-electron chi connectivity index (χ2n) is 2.87. The molecule has 1 nitrogen and oxygen atoms in total. The molecule has 1 atom stereocenters. The van der Waals surface area contributed by atoms with Gasteiger partial charge in [0.2, 0.25) is 0 Å². The summed E-state index contributed by atoms with van der Waals surface area (Å²) in [4.78, 5) is 0. The van der Waals surface area contributed by atoms with Crippen molar-refractivity contribution in [2.24, 2.45) is 0 Å². The molecule has 12 heavy (non-hydrogen) atoms. The van der Waals surface area contributed by atoms with Crippen molar-refractivity contribution in [1.29, 1.82) is 0 Å². The summed E-state index contributed by atoms with van der Waals surface area (Å²) in [6, 6.07) is 8.91. The van der Waals surface area contributed by atoms with E-state index in [2.05, 4.69) is 43.4 Å². The molecular formula is C11H19N. The predicted molar refractivity (Wildman–Crippen MR) is 55.4 cm³/mol. The molecule has 1 heteroatoms. The normalized spacial score (nSPS) is 11.9. The molecule has 1 aromatic carbocycles. The van der Waals surface area contributed by atoms with Gasteiger partial charge in [0.15, 0.2) is 0 Å². The minimum Gasteiger partial charge on any atom is -0.313 e. The highest BCUT2D eigenvalue weighted by Gasteiger charge is 2.02. The Kier molecular flexibility index (Phi) is 4.60. The van der Waals surface area contributed by atoms with Gasteiger partial charge in [0, 0.05) is 6.04 Å². The van der Waals surface area contributed by atoms with E-state index in [9.17, 15) is 0 Å². The molecule has 1 unspecified atom stereocenters. The zero-order chi connectivity index (χ0) is 8.27. The van der Waals surface area contributed by atoms with Crippen molar-refractivity contribution < 1.29 is 0 Å². The van der Waals surface area contributed by atoms with Crippen molar-refractivity contribution in [3.05, 3.63) is 35.4 Å². The zero-order valence-corrected chi connectivity index (χ0v) is 7.39. The van der Waals surface area contributed by atoms with Gasteiger partial charge in [-0.15, -0.1) is 0 Å². The fourth-order valence-electron chi connectivity index (χ4n) is 1.23. The van der Waals surface area contributed by atoms with Gasteiger partial charge in [0.25, 0.3) is 0 Å². The molecule has 0 fully saturated rings. The SMILES string of the molecule is C.CNC(C)c1ccccc1C. The topological polar surface area (TPSA) is 12.0 Å². The number of hydrogen-bond donors (Lipinski definition) is 1. The van der Waals surface area contributed by atoms with Crippen LogP contribution in [0.25, 0.3) is 0 Å². The number of rotatable bonds is 2. The molecule has 0 aliphatic carbocycles. The van der Waals surface area contributed by atoms with E-state index in [0.29, 0.717) is 6.04 Å². The smallest absolute Gasteiger partial charge is 0.0291 e. The number of benzene rings is 1. The number of hydrogen-bond acceptors (Lipinski definition) is 1. The lowest BCUT2D eigenvalue weighted by molar-refractivity contribution is 0.648. The molecule has 1 aromatic rings. The summed E-state index contributed by atoms with van der Waals surface area (Å²) in [6.07, 6.45) is 0. The first-order valence-corrected chi connectivity index (χ1v) is 3.98. The lowest BCUT2D eigenvalue weighted by atomic mass is 10.0. The van der Waals surface area contributed by atoms with Gasteiger partial charge >= 0.3 is 0 Å². The van der Waals surface area contributed by atoms with Gasteiger partial charge in [-0.1, -0.05) is 31.7 Å². The minimum absolute atomic E-state index is 0. The highest BCUT2D eigenvalue weighted by atomic mass is 14.9. The standard InChI is InChI=1S/C10H15N.CH4/c1-8-6-4-5-7-10(8)9(2)11-3;/h4-7,9,11H,1-3H3;1H4. The van der Waals surface area contributed by atoms with Crippen LogP contribution >= 0.6 is 0 Å². The largest absolute Gasteiger partial charge is 0.313 e. The fourth-order valence-corrected chi connectivity index (χ4v) is 1.23. The summed E-state index contributed by atoms with van der Waals surface area (Å²) in [7, 11) is 1.98. The average Bonchev–Trinajstić information content (AvgIpc) is 2.04. The lowest BCUT2D eigenvalue weighted by Gasteiger charge is -2.12. The van der Waals surface area contributed by atoms with Crippen molar-refractivity contribution >= 4 is 0 Å². The van der Waals surface area contributed by atoms with E-state index in [0.717, 1.165) is 0 Å². The Morgan fingerprint density at radius 2 is 1.83 bits per heavy atom. The van der Waals surface area contributed by atoms with Crippen molar-refractivity contribution in [2.75, 3.05) is 7.05 Å². The van der Waals surface area contributed by atoms with Gasteiger partial charge in [0.05, 0.1) is 0 Å². The highest BCUT2D eigenvalue weighted by molar-refractivity contribution is 5.27. The van der Waals surface area contributed by atoms with Crippen molar-refractivity contribution in [3.8, 4) is 0 Å². The van der Waals surface area contributed by atoms with E-state index >= 15 is 0 Å². The Bertz CT molecular complexity index is 230. The first-order valence-electron chi connectivity index (χ1n) is 3.98. The molecule has 0 saturated heterocycles. The van der Waals surface area contributed by atoms with Gasteiger partial charge in [-0.3, -0.25) is 0 Å². The second kappa shape index (κ2) is 4.94. The average molecular weight is 165 g/mol. The Labute approximate surface area is 75.8 Å². The van der Waals surface area contributed by atoms with E-state index < -0.39 is 0 Å². The van der Waals surface area contributed by atoms with Crippen LogP contribution in [-0.4, -0.2) is 7.05 Å². The lowest BCUT2D eigenvalue weighted by Crippen LogP contribution is -2.13. The molecule has 0 aromatic heterocycles. The van der Waals surface area contributed by atoms with E-state index in [4.69, 9.17) is 0 Å². The van der Waals surface area contributed by atoms with Crippen LogP contribution in [0, 0.1) is 6.92 Å². The summed E-state index contributed by atoms with van der Waals surface area (Å²) in [5.41, 5.74) is 2.74. The van der Waals surface area contributed by atoms with Gasteiger partial charge in [-0.05, 0) is 32.0 Å². The third-order valence-corrected chi connectivity index (χ3v) is 2.09. The van der Waals surface area contributed by atoms with Crippen molar-refractivity contribution in [1.82, 2.24) is 5.32 Å². The Morgan fingerprint density at radius 1 is 1.25 bits per heavy atom. The summed E-state index contributed by atoms with van der Waals surface area (Å²) >= 11 is 0. The van der Waals surface area contributed by atoms with E-state index in [1.54, 1.807) is 0 Å². The molecule has 0 aliphatic heterocycles. The maximum atomic E-state index is 3.22. The molecular weight excluding hydrogens is 146 g/mol. The zero-order valence-electron chi connectivity index (χ0n) is 7.39. The molecule has 1 N–H and O–H groups in total. The molecule has 1 rings (SSSR count). The van der Waals surface area contributed by atoms with Gasteiger partial charge in [0.1, 0.15) is 0 Å². The van der Waals surface area contributed by atoms with Gasteiger partial charge in [-0.2, -0.15) is 0 Å². The molecule has 0 heterocycles. The van der Waals surface area contributed by atoms with Crippen LogP contribution in [0.2, 0.25) is 0 Å². The van der Waals surface area contributed by atoms with Crippen LogP contribution in [0.3, 0.4) is 0 Å². The maximum absolute atomic E-state index is 3.22. The maximum Gasteiger partial charge on any atom is 0.0291 e. The quantitative estimate of drug-likeness (QED) is 0.710. The predicted octanol–water partition coefficient (Wildman–Crippen LogP) is 2.91. The van der Waals surface area contributed by atoms with E-state index in [1.165, 1.54) is 11.1 Å². The van der Waals surface area contributed by atoms with E-state index in [-0.39, 0.29) is 7.43 Å². The number of nitrogens with one attached hydrogen (secondary N) is 1. The van der Waals surface area contributed by atoms with Gasteiger partial charge in [-0.25, -0.2) is 0 Å². The molecule has 0 radical (unpaired) electrons. The minimum atomic E-state index is 0. The second-order valence-corrected chi connectivity index (χ2v) is 2.87. The van der Waals surface area contributed by atoms with E-state index in [1.807, 2.05) is 7.05 Å². The van der Waals surface area contributed by atoms with Crippen molar-refractivity contribution in [3.63, 3.8) is 0 Å². The monoisotopic (exact) mass is 165 g/mol. The Morgan fingerprint density at radius 3 is 2.33 bits per heavy atom. The summed E-state index contributed by atoms with van der Waals surface area (Å²) in [6.45, 7) is 4.31. The van der Waals surface area contributed by atoms with Crippen LogP contribution in [0.4, 0.5) is 0 Å². The first kappa shape index (κ1) is 11.2. The summed E-state index contributed by atoms with van der Waals surface area (Å²) < 4.78 is 0. The molecule has 0 spiro atoms. The Hall–Kier alpha value is -0.820. The summed E-state index contributed by atoms with van der Waals surface area (Å²) in [5, 5.41) is 3.22. The van der Waals surface area contributed by atoms with Gasteiger partial charge < -0.3 is 5.32 Å². The number of aryl methyl sites for hydroxylation is 1. The highest BCUT2D eigenvalue weighted by Crippen LogP contribution is 2.15. The van der Waals surface area contributed by atoms with Crippen LogP contribution in [0.1, 0.15) is 31.5 Å². The third kappa shape index (κ3) is 2.35. The molecule has 0 saturated carbocycles. The molecule has 0 amide bonds. The van der Waals surface area contributed by atoms with Crippen LogP contribution in [0.5, 0.6) is 0 Å². The Balaban J connectivity index is 0.00000121. The molecule has 0 bridgehead atoms. The fraction of sp³-hybridized carbons (Fsp3) is 0.455. The van der Waals surface area contributed by atoms with Crippen LogP contribution in [0.15, 0.2) is 24.3 Å². The first-order chi connectivity index (χ1) is 5.25. The molecule has 68 valence electrons. The third-order valence-electron chi connectivity index (χ3n) is 2.09. The summed E-state index contributed by atoms with van der Waals surface area (Å²) in [5.74, 6) is 0. The molecule has 0 aliphatic rings. The van der Waals surface area contributed by atoms with Crippen LogP contribution in [-0.2, 0) is 0 Å². The van der Waals surface area contributed by atoms with Crippen molar-refractivity contribution in [2.45, 2.75) is 27.3 Å². The van der Waals surface area contributed by atoms with Crippen LogP contribution < -0.4 is 5.32 Å².